The quantitative estimate of drug-likeness (QED) is 0.0300. The highest BCUT2D eigenvalue weighted by molar-refractivity contribution is 5.80. The van der Waals surface area contributed by atoms with Crippen molar-refractivity contribution >= 4 is 5.91 Å². The van der Waals surface area contributed by atoms with Gasteiger partial charge in [0, 0.05) is 0 Å². The van der Waals surface area contributed by atoms with Crippen LogP contribution >= 0.6 is 0 Å². The summed E-state index contributed by atoms with van der Waals surface area (Å²) in [4.78, 5) is 13.0. The van der Waals surface area contributed by atoms with Crippen LogP contribution in [0.5, 0.6) is 0 Å². The molecule has 0 radical (unpaired) electrons. The minimum atomic E-state index is -1.65. The molecule has 328 valence electrons. The number of carbonyl (C=O) groups is 1. The van der Waals surface area contributed by atoms with E-state index >= 15 is 0 Å². The van der Waals surface area contributed by atoms with Crippen LogP contribution in [0.1, 0.15) is 206 Å². The molecular weight excluding hydrogens is 702 g/mol. The summed E-state index contributed by atoms with van der Waals surface area (Å²) in [6.07, 6.45) is 23.1. The Balaban J connectivity index is 2.41. The molecule has 11 nitrogen and oxygen atoms in total. The van der Waals surface area contributed by atoms with E-state index in [1.54, 1.807) is 0 Å². The molecular formula is C44H87NO10. The van der Waals surface area contributed by atoms with Gasteiger partial charge in [0.05, 0.1) is 25.4 Å². The number of rotatable bonds is 38. The normalized spacial score (nSPS) is 22.4. The first-order valence-corrected chi connectivity index (χ1v) is 22.9. The molecule has 0 bridgehead atoms. The smallest absolute Gasteiger partial charge is 0.249 e. The van der Waals surface area contributed by atoms with E-state index in [1.165, 1.54) is 128 Å². The Morgan fingerprint density at radius 1 is 0.564 bits per heavy atom. The van der Waals surface area contributed by atoms with Crippen molar-refractivity contribution in [1.29, 1.82) is 0 Å². The van der Waals surface area contributed by atoms with Crippen molar-refractivity contribution in [2.75, 3.05) is 13.2 Å². The van der Waals surface area contributed by atoms with E-state index in [1.807, 2.05) is 0 Å². The zero-order chi connectivity index (χ0) is 40.5. The molecule has 1 aliphatic rings. The standard InChI is InChI=1S/C44H87NO10/c1-3-5-7-9-11-13-14-15-16-17-18-19-20-21-22-24-25-27-29-31-36(47)39(49)35(34-54-44-42(52)41(51)40(50)38(33-46)55-44)45-43(53)37(48)32-30-28-26-23-12-10-8-6-4-2/h35-42,44,46-52H,3-34H2,1-2H3,(H,45,53). The monoisotopic (exact) mass is 790 g/mol. The maximum absolute atomic E-state index is 13.0. The summed E-state index contributed by atoms with van der Waals surface area (Å²) >= 11 is 0. The van der Waals surface area contributed by atoms with Gasteiger partial charge in [-0.1, -0.05) is 194 Å². The van der Waals surface area contributed by atoms with E-state index in [0.29, 0.717) is 19.3 Å². The van der Waals surface area contributed by atoms with E-state index in [9.17, 15) is 40.5 Å². The molecule has 1 aliphatic heterocycles. The summed E-state index contributed by atoms with van der Waals surface area (Å²) in [5.74, 6) is -0.697. The van der Waals surface area contributed by atoms with Gasteiger partial charge in [-0.05, 0) is 12.8 Å². The lowest BCUT2D eigenvalue weighted by molar-refractivity contribution is -0.303. The average Bonchev–Trinajstić information content (AvgIpc) is 3.18. The van der Waals surface area contributed by atoms with Crippen LogP contribution in [0.15, 0.2) is 0 Å². The molecule has 0 saturated carbocycles. The van der Waals surface area contributed by atoms with E-state index < -0.39 is 74.2 Å². The summed E-state index contributed by atoms with van der Waals surface area (Å²) in [5.41, 5.74) is 0. The van der Waals surface area contributed by atoms with Crippen molar-refractivity contribution in [2.24, 2.45) is 0 Å². The van der Waals surface area contributed by atoms with Crippen LogP contribution in [0.4, 0.5) is 0 Å². The highest BCUT2D eigenvalue weighted by Crippen LogP contribution is 2.23. The second-order valence-electron chi connectivity index (χ2n) is 16.5. The number of carbonyl (C=O) groups excluding carboxylic acids is 1. The number of unbranched alkanes of at least 4 members (excludes halogenated alkanes) is 26. The van der Waals surface area contributed by atoms with Gasteiger partial charge >= 0.3 is 0 Å². The van der Waals surface area contributed by atoms with Gasteiger partial charge < -0.3 is 50.5 Å². The molecule has 9 atom stereocenters. The summed E-state index contributed by atoms with van der Waals surface area (Å²) in [7, 11) is 0. The lowest BCUT2D eigenvalue weighted by Crippen LogP contribution is -2.60. The minimum Gasteiger partial charge on any atom is -0.394 e. The molecule has 0 aromatic rings. The first-order chi connectivity index (χ1) is 26.7. The first-order valence-electron chi connectivity index (χ1n) is 22.9. The topological polar surface area (TPSA) is 189 Å². The number of nitrogens with one attached hydrogen (secondary N) is 1. The van der Waals surface area contributed by atoms with E-state index in [4.69, 9.17) is 9.47 Å². The Bertz CT molecular complexity index is 866. The molecule has 9 unspecified atom stereocenters. The first kappa shape index (κ1) is 52.1. The highest BCUT2D eigenvalue weighted by Gasteiger charge is 2.44. The van der Waals surface area contributed by atoms with Crippen LogP contribution in [-0.2, 0) is 14.3 Å². The maximum Gasteiger partial charge on any atom is 0.249 e. The predicted molar refractivity (Wildman–Crippen MR) is 220 cm³/mol. The van der Waals surface area contributed by atoms with Crippen molar-refractivity contribution in [1.82, 2.24) is 5.32 Å². The molecule has 1 amide bonds. The predicted octanol–water partition coefficient (Wildman–Crippen LogP) is 7.11. The highest BCUT2D eigenvalue weighted by atomic mass is 16.7. The van der Waals surface area contributed by atoms with Gasteiger partial charge in [0.25, 0.3) is 0 Å². The Kier molecular flexibility index (Phi) is 33.3. The number of aliphatic hydroxyl groups is 7. The fourth-order valence-electron chi connectivity index (χ4n) is 7.56. The van der Waals surface area contributed by atoms with Gasteiger partial charge in [0.2, 0.25) is 5.91 Å². The summed E-state index contributed by atoms with van der Waals surface area (Å²) in [5, 5.41) is 75.5. The van der Waals surface area contributed by atoms with Gasteiger partial charge in [-0.15, -0.1) is 0 Å². The SMILES string of the molecule is CCCCCCCCCCCCCCCCCCCCCC(O)C(O)C(COC1OC(CO)C(O)C(O)C1O)NC(=O)C(O)CCCCCCCCCCC. The van der Waals surface area contributed by atoms with Gasteiger partial charge in [-0.2, -0.15) is 0 Å². The molecule has 0 aromatic heterocycles. The number of ether oxygens (including phenoxy) is 2. The van der Waals surface area contributed by atoms with Crippen LogP contribution in [0, 0.1) is 0 Å². The number of hydrogen-bond donors (Lipinski definition) is 8. The van der Waals surface area contributed by atoms with Crippen molar-refractivity contribution in [3.63, 3.8) is 0 Å². The second-order valence-corrected chi connectivity index (χ2v) is 16.5. The van der Waals surface area contributed by atoms with E-state index in [0.717, 1.165) is 38.5 Å². The molecule has 11 heteroatoms. The van der Waals surface area contributed by atoms with Crippen molar-refractivity contribution in [3.8, 4) is 0 Å². The Labute approximate surface area is 335 Å². The Morgan fingerprint density at radius 2 is 0.945 bits per heavy atom. The average molecular weight is 790 g/mol. The van der Waals surface area contributed by atoms with Crippen LogP contribution in [-0.4, -0.2) is 110 Å². The third-order valence-corrected chi connectivity index (χ3v) is 11.4. The van der Waals surface area contributed by atoms with Crippen LogP contribution in [0.2, 0.25) is 0 Å². The lowest BCUT2D eigenvalue weighted by atomic mass is 9.98. The molecule has 1 heterocycles. The molecule has 1 rings (SSSR count). The maximum atomic E-state index is 13.0. The van der Waals surface area contributed by atoms with Gasteiger partial charge in [-0.3, -0.25) is 4.79 Å². The number of amides is 1. The van der Waals surface area contributed by atoms with Gasteiger partial charge in [0.1, 0.15) is 36.6 Å². The fourth-order valence-corrected chi connectivity index (χ4v) is 7.56. The minimum absolute atomic E-state index is 0.264. The van der Waals surface area contributed by atoms with E-state index in [2.05, 4.69) is 19.2 Å². The van der Waals surface area contributed by atoms with Crippen molar-refractivity contribution in [2.45, 2.75) is 262 Å². The third kappa shape index (κ3) is 25.3. The van der Waals surface area contributed by atoms with Crippen LogP contribution in [0.3, 0.4) is 0 Å². The van der Waals surface area contributed by atoms with Crippen LogP contribution < -0.4 is 5.32 Å². The largest absolute Gasteiger partial charge is 0.394 e. The van der Waals surface area contributed by atoms with Crippen molar-refractivity contribution < 1.29 is 50.0 Å². The molecule has 0 aliphatic carbocycles. The molecule has 55 heavy (non-hydrogen) atoms. The summed E-state index contributed by atoms with van der Waals surface area (Å²) in [6, 6.07) is -1.16. The zero-order valence-electron chi connectivity index (χ0n) is 35.2. The zero-order valence-corrected chi connectivity index (χ0v) is 35.2. The lowest BCUT2D eigenvalue weighted by Gasteiger charge is -2.40. The van der Waals surface area contributed by atoms with Crippen LogP contribution in [0.25, 0.3) is 0 Å². The van der Waals surface area contributed by atoms with Gasteiger partial charge in [0.15, 0.2) is 6.29 Å². The van der Waals surface area contributed by atoms with E-state index in [-0.39, 0.29) is 6.42 Å². The third-order valence-electron chi connectivity index (χ3n) is 11.4. The van der Waals surface area contributed by atoms with Gasteiger partial charge in [-0.25, -0.2) is 0 Å². The Hall–Kier alpha value is -0.890. The molecule has 0 aromatic carbocycles. The second kappa shape index (κ2) is 35.1. The molecule has 8 N–H and O–H groups in total. The van der Waals surface area contributed by atoms with Crippen molar-refractivity contribution in [3.05, 3.63) is 0 Å². The Morgan fingerprint density at radius 3 is 1.35 bits per heavy atom. The fraction of sp³-hybridized carbons (Fsp3) is 0.977. The molecule has 1 fully saturated rings. The summed E-state index contributed by atoms with van der Waals surface area (Å²) in [6.45, 7) is 3.42. The molecule has 0 spiro atoms. The number of aliphatic hydroxyl groups excluding tert-OH is 7. The molecule has 1 saturated heterocycles. The number of hydrogen-bond acceptors (Lipinski definition) is 10. The summed E-state index contributed by atoms with van der Waals surface area (Å²) < 4.78 is 11.1.